The normalized spacial score (nSPS) is 16.1. The molecule has 22 heteroatoms. The fourth-order valence-electron chi connectivity index (χ4n) is 9.08. The van der Waals surface area contributed by atoms with E-state index in [0.29, 0.717) is 39.6 Å². The smallest absolute Gasteiger partial charge is 0.251 e. The molecule has 0 saturated heterocycles. The van der Waals surface area contributed by atoms with Crippen molar-refractivity contribution in [1.29, 1.82) is 0 Å². The van der Waals surface area contributed by atoms with Gasteiger partial charge in [-0.05, 0) is 121 Å². The Morgan fingerprint density at radius 2 is 1.00 bits per heavy atom. The van der Waals surface area contributed by atoms with Crippen molar-refractivity contribution in [1.82, 2.24) is 25.2 Å². The minimum Gasteiger partial charge on any atom is -0.399 e. The van der Waals surface area contributed by atoms with Gasteiger partial charge in [0.05, 0.1) is 61.8 Å². The zero-order valence-electron chi connectivity index (χ0n) is 41.7. The fraction of sp³-hybridized carbons (Fsp3) is 0.396. The molecule has 0 radical (unpaired) electrons. The van der Waals surface area contributed by atoms with E-state index < -0.39 is 31.7 Å². The Morgan fingerprint density at radius 1 is 0.573 bits per heavy atom. The minimum atomic E-state index is -3.78. The predicted octanol–water partition coefficient (Wildman–Crippen LogP) is 7.41. The number of likely N-dealkylation sites (N-methyl/N-ethyl adjacent to an activating group) is 2. The zero-order chi connectivity index (χ0) is 53.7. The number of hydrogen-bond acceptors (Lipinski definition) is 13. The van der Waals surface area contributed by atoms with E-state index in [9.17, 15) is 26.4 Å². The lowest BCUT2D eigenvalue weighted by Gasteiger charge is -2.33. The fourth-order valence-corrected chi connectivity index (χ4v) is 12.5. The minimum absolute atomic E-state index is 0.00615. The Kier molecular flexibility index (Phi) is 21.2. The summed E-state index contributed by atoms with van der Waals surface area (Å²) in [6.07, 6.45) is 0.308. The average Bonchev–Trinajstić information content (AvgIpc) is 3.37. The zero-order valence-corrected chi connectivity index (χ0v) is 46.4. The summed E-state index contributed by atoms with van der Waals surface area (Å²) >= 11 is 25.7. The summed E-state index contributed by atoms with van der Waals surface area (Å²) in [7, 11) is -3.26. The molecule has 0 spiro atoms. The van der Waals surface area contributed by atoms with Crippen LogP contribution in [0.1, 0.15) is 72.4 Å². The maximum atomic E-state index is 13.1. The molecule has 5 aromatic rings. The second-order valence-electron chi connectivity index (χ2n) is 18.4. The third-order valence-electron chi connectivity index (χ3n) is 12.7. The summed E-state index contributed by atoms with van der Waals surface area (Å²) in [6, 6.07) is 25.5. The van der Waals surface area contributed by atoms with Crippen LogP contribution in [0.2, 0.25) is 20.1 Å². The largest absolute Gasteiger partial charge is 0.399 e. The van der Waals surface area contributed by atoms with Crippen molar-refractivity contribution in [3.8, 4) is 0 Å². The van der Waals surface area contributed by atoms with Crippen molar-refractivity contribution in [2.24, 2.45) is 0 Å². The summed E-state index contributed by atoms with van der Waals surface area (Å²) in [4.78, 5) is 30.5. The van der Waals surface area contributed by atoms with E-state index in [1.54, 1.807) is 36.4 Å². The topological polar surface area (TPSA) is 208 Å². The van der Waals surface area contributed by atoms with E-state index in [2.05, 4.69) is 25.2 Å². The summed E-state index contributed by atoms with van der Waals surface area (Å²) in [5, 5.41) is 7.84. The lowest BCUT2D eigenvalue weighted by Crippen LogP contribution is -2.31. The number of hydrogen-bond donors (Lipinski definition) is 4. The van der Waals surface area contributed by atoms with Crippen molar-refractivity contribution in [2.75, 3.05) is 111 Å². The number of nitrogens with one attached hydrogen (secondary N) is 3. The number of rotatable bonds is 26. The second-order valence-corrected chi connectivity index (χ2v) is 24.0. The van der Waals surface area contributed by atoms with Crippen LogP contribution < -0.4 is 21.1 Å². The number of nitrogens with zero attached hydrogens (tertiary/aromatic N) is 2. The Hall–Kier alpha value is -4.38. The maximum absolute atomic E-state index is 13.1. The molecule has 2 atom stereocenters. The van der Waals surface area contributed by atoms with Gasteiger partial charge in [-0.2, -0.15) is 0 Å². The summed E-state index contributed by atoms with van der Waals surface area (Å²) < 4.78 is 76.9. The Labute approximate surface area is 459 Å². The first-order valence-electron chi connectivity index (χ1n) is 24.4. The number of sulfonamides is 1. The molecular formula is C53H62Cl4N6O10S2. The quantitative estimate of drug-likeness (QED) is 0.0315. The van der Waals surface area contributed by atoms with Crippen LogP contribution in [0.4, 0.5) is 5.69 Å². The summed E-state index contributed by atoms with van der Waals surface area (Å²) in [5.41, 5.74) is 12.7. The van der Waals surface area contributed by atoms with E-state index in [4.69, 9.17) is 71.1 Å². The number of carbonyl (C=O) groups excluding carboxylic acids is 2. The molecule has 404 valence electrons. The van der Waals surface area contributed by atoms with Crippen molar-refractivity contribution < 1.29 is 45.4 Å². The van der Waals surface area contributed by atoms with Gasteiger partial charge >= 0.3 is 0 Å². The third-order valence-corrected chi connectivity index (χ3v) is 17.2. The molecule has 5 N–H and O–H groups in total. The van der Waals surface area contributed by atoms with Gasteiger partial charge < -0.3 is 45.1 Å². The third kappa shape index (κ3) is 16.3. The second kappa shape index (κ2) is 27.3. The molecule has 16 nitrogen and oxygen atoms in total. The van der Waals surface area contributed by atoms with Gasteiger partial charge in [0.2, 0.25) is 10.0 Å². The van der Waals surface area contributed by atoms with Crippen molar-refractivity contribution >= 4 is 83.8 Å². The highest BCUT2D eigenvalue weighted by Crippen LogP contribution is 2.40. The van der Waals surface area contributed by atoms with E-state index in [1.165, 1.54) is 18.2 Å². The summed E-state index contributed by atoms with van der Waals surface area (Å²) in [6.45, 7) is 4.97. The number of nitrogen functional groups attached to an aromatic ring is 1. The van der Waals surface area contributed by atoms with Gasteiger partial charge in [-0.15, -0.1) is 0 Å². The van der Waals surface area contributed by atoms with Gasteiger partial charge in [0.15, 0.2) is 9.84 Å². The number of carbonyl (C=O) groups is 2. The molecule has 2 unspecified atom stereocenters. The maximum Gasteiger partial charge on any atom is 0.251 e. The molecule has 75 heavy (non-hydrogen) atoms. The molecule has 2 amide bonds. The highest BCUT2D eigenvalue weighted by atomic mass is 35.5. The monoisotopic (exact) mass is 1150 g/mol. The molecule has 0 aromatic heterocycles. The Balaban J connectivity index is 0.709. The van der Waals surface area contributed by atoms with Crippen molar-refractivity contribution in [3.63, 3.8) is 0 Å². The van der Waals surface area contributed by atoms with Gasteiger partial charge in [-0.3, -0.25) is 9.59 Å². The SMILES string of the molecule is CN1Cc2c(Cl)cc(Cl)cc2C(c2ccc(S(=O)(=O)CCCOCCOCCNC(=O)c3cc(N)cc(C(=O)NCCOCCOCCNS(=O)(=O)c4ccc(C5CN(C)Cc6c(Cl)cc(Cl)cc65)cc4)c3)cc2)C1. The lowest BCUT2D eigenvalue weighted by atomic mass is 9.85. The van der Waals surface area contributed by atoms with Gasteiger partial charge in [-0.25, -0.2) is 21.6 Å². The van der Waals surface area contributed by atoms with E-state index >= 15 is 0 Å². The van der Waals surface area contributed by atoms with Crippen molar-refractivity contribution in [3.05, 3.63) is 156 Å². The molecule has 5 aromatic carbocycles. The first-order chi connectivity index (χ1) is 35.9. The molecule has 0 fully saturated rings. The van der Waals surface area contributed by atoms with Crippen LogP contribution in [0.15, 0.2) is 101 Å². The first-order valence-corrected chi connectivity index (χ1v) is 29.1. The number of sulfone groups is 1. The predicted molar refractivity (Wildman–Crippen MR) is 293 cm³/mol. The van der Waals surface area contributed by atoms with E-state index in [1.807, 2.05) is 50.5 Å². The molecule has 0 aliphatic carbocycles. The number of anilines is 1. The van der Waals surface area contributed by atoms with Crippen LogP contribution in [-0.4, -0.2) is 144 Å². The highest BCUT2D eigenvalue weighted by molar-refractivity contribution is 7.91. The van der Waals surface area contributed by atoms with Crippen LogP contribution in [0, 0.1) is 0 Å². The van der Waals surface area contributed by atoms with E-state index in [0.717, 1.165) is 46.5 Å². The lowest BCUT2D eigenvalue weighted by molar-refractivity contribution is 0.0486. The number of ether oxygens (including phenoxy) is 4. The van der Waals surface area contributed by atoms with Crippen molar-refractivity contribution in [2.45, 2.75) is 41.1 Å². The average molecular weight is 1150 g/mol. The van der Waals surface area contributed by atoms with E-state index in [-0.39, 0.29) is 117 Å². The molecule has 2 aliphatic rings. The van der Waals surface area contributed by atoms with Gasteiger partial charge in [0.25, 0.3) is 11.8 Å². The van der Waals surface area contributed by atoms with Gasteiger partial charge in [0, 0.05) is 101 Å². The first kappa shape index (κ1) is 58.3. The van der Waals surface area contributed by atoms with Gasteiger partial charge in [-0.1, -0.05) is 70.7 Å². The molecule has 2 heterocycles. The van der Waals surface area contributed by atoms with Crippen LogP contribution in [0.3, 0.4) is 0 Å². The van der Waals surface area contributed by atoms with Crippen LogP contribution in [-0.2, 0) is 51.9 Å². The number of halogens is 4. The van der Waals surface area contributed by atoms with Crippen LogP contribution in [0.5, 0.6) is 0 Å². The molecule has 2 aliphatic heterocycles. The number of amides is 2. The number of benzene rings is 5. The highest BCUT2D eigenvalue weighted by Gasteiger charge is 2.29. The molecular weight excluding hydrogens is 1090 g/mol. The molecule has 0 saturated carbocycles. The number of fused-ring (bicyclic) bond motifs is 2. The van der Waals surface area contributed by atoms with Crippen LogP contribution in [0.25, 0.3) is 0 Å². The van der Waals surface area contributed by atoms with Crippen LogP contribution >= 0.6 is 46.4 Å². The molecule has 7 rings (SSSR count). The summed E-state index contributed by atoms with van der Waals surface area (Å²) in [5.74, 6) is -0.958. The Morgan fingerprint density at radius 3 is 1.47 bits per heavy atom. The Bertz CT molecular complexity index is 2810. The molecule has 0 bridgehead atoms. The van der Waals surface area contributed by atoms with Gasteiger partial charge in [0.1, 0.15) is 0 Å². The standard InChI is InChI=1S/C53H62Cl4N6O10S2/c1-62-31-46(44-27-39(54)29-50(56)48(44)33-62)35-4-8-42(9-5-35)74(66,67)23-3-15-70-19-20-71-16-12-59-52(64)37-24-38(26-41(58)25-37)53(65)60-13-17-72-21-22-73-18-14-61-75(68,69)43-10-6-36(7-11-43)47-32-63(2)34-49-45(47)28-40(55)30-51(49)57/h4-11,24-30,46-47,61H,3,12-23,31-34,58H2,1-2H3,(H,59,64)(H,60,65). The number of nitrogens with two attached hydrogens (primary N) is 1.